The molecule has 2 rings (SSSR count). The number of aliphatic hydroxyl groups is 1. The van der Waals surface area contributed by atoms with E-state index in [2.05, 4.69) is 32.3 Å². The predicted molar refractivity (Wildman–Crippen MR) is 70.7 cm³/mol. The first kappa shape index (κ1) is 13.3. The van der Waals surface area contributed by atoms with Gasteiger partial charge < -0.3 is 10.4 Å². The molecule has 2 aromatic heterocycles. The molecule has 6 nitrogen and oxygen atoms in total. The summed E-state index contributed by atoms with van der Waals surface area (Å²) in [7, 11) is 0. The van der Waals surface area contributed by atoms with E-state index in [1.165, 1.54) is 17.7 Å². The van der Waals surface area contributed by atoms with Crippen LogP contribution in [0.4, 0.5) is 0 Å². The number of aromatic nitrogens is 3. The summed E-state index contributed by atoms with van der Waals surface area (Å²) in [5, 5.41) is 19.7. The number of thiophene rings is 1. The maximum Gasteiger partial charge on any atom is 0.262 e. The Morgan fingerprint density at radius 1 is 1.58 bits per heavy atom. The Hall–Kier alpha value is -2.17. The fourth-order valence-electron chi connectivity index (χ4n) is 1.44. The quantitative estimate of drug-likeness (QED) is 0.695. The standard InChI is InChI=1S/C12H12N4O2S/c17-6-1-2-9-4-7-19-11(9)12(18)13-5-3-10-14-8-15-16-10/h4,7-8,17H,3,5-6H2,(H,13,18)(H,14,15,16). The molecular weight excluding hydrogens is 264 g/mol. The van der Waals surface area contributed by atoms with E-state index in [0.717, 1.165) is 5.82 Å². The largest absolute Gasteiger partial charge is 0.384 e. The van der Waals surface area contributed by atoms with E-state index in [-0.39, 0.29) is 12.5 Å². The zero-order chi connectivity index (χ0) is 13.5. The van der Waals surface area contributed by atoms with Gasteiger partial charge in [-0.1, -0.05) is 11.8 Å². The van der Waals surface area contributed by atoms with Crippen LogP contribution in [0.15, 0.2) is 17.8 Å². The summed E-state index contributed by atoms with van der Waals surface area (Å²) in [5.74, 6) is 5.84. The van der Waals surface area contributed by atoms with Crippen molar-refractivity contribution in [3.05, 3.63) is 34.0 Å². The van der Waals surface area contributed by atoms with Gasteiger partial charge in [-0.25, -0.2) is 4.98 Å². The van der Waals surface area contributed by atoms with E-state index in [1.807, 2.05) is 0 Å². The van der Waals surface area contributed by atoms with Gasteiger partial charge in [-0.15, -0.1) is 11.3 Å². The molecule has 0 aromatic carbocycles. The van der Waals surface area contributed by atoms with Crippen LogP contribution in [0.2, 0.25) is 0 Å². The van der Waals surface area contributed by atoms with Crippen LogP contribution in [0.25, 0.3) is 0 Å². The van der Waals surface area contributed by atoms with Crippen LogP contribution in [0.1, 0.15) is 21.1 Å². The third kappa shape index (κ3) is 3.64. The monoisotopic (exact) mass is 276 g/mol. The lowest BCUT2D eigenvalue weighted by molar-refractivity contribution is 0.0958. The molecule has 0 spiro atoms. The summed E-state index contributed by atoms with van der Waals surface area (Å²) in [6, 6.07) is 1.76. The Balaban J connectivity index is 1.91. The van der Waals surface area contributed by atoms with Gasteiger partial charge in [0.05, 0.1) is 0 Å². The molecule has 98 valence electrons. The number of carbonyl (C=O) groups is 1. The maximum atomic E-state index is 11.9. The van der Waals surface area contributed by atoms with Gasteiger partial charge in [-0.3, -0.25) is 9.89 Å². The number of rotatable bonds is 4. The highest BCUT2D eigenvalue weighted by molar-refractivity contribution is 7.12. The van der Waals surface area contributed by atoms with Crippen molar-refractivity contribution in [2.45, 2.75) is 6.42 Å². The number of nitrogens with one attached hydrogen (secondary N) is 2. The second kappa shape index (κ2) is 6.68. The van der Waals surface area contributed by atoms with Gasteiger partial charge in [0.2, 0.25) is 0 Å². The van der Waals surface area contributed by atoms with Gasteiger partial charge in [-0.05, 0) is 11.4 Å². The fourth-order valence-corrected chi connectivity index (χ4v) is 2.21. The van der Waals surface area contributed by atoms with Crippen molar-refractivity contribution in [2.75, 3.05) is 13.2 Å². The van der Waals surface area contributed by atoms with E-state index in [4.69, 9.17) is 5.11 Å². The summed E-state index contributed by atoms with van der Waals surface area (Å²) in [4.78, 5) is 16.5. The second-order valence-electron chi connectivity index (χ2n) is 3.56. The lowest BCUT2D eigenvalue weighted by atomic mass is 10.2. The van der Waals surface area contributed by atoms with E-state index in [0.29, 0.717) is 23.4 Å². The molecule has 2 aromatic rings. The number of hydrogen-bond donors (Lipinski definition) is 3. The maximum absolute atomic E-state index is 11.9. The summed E-state index contributed by atoms with van der Waals surface area (Å²) in [6.07, 6.45) is 2.02. The molecule has 19 heavy (non-hydrogen) atoms. The Morgan fingerprint density at radius 3 is 3.21 bits per heavy atom. The molecule has 2 heterocycles. The summed E-state index contributed by atoms with van der Waals surface area (Å²) >= 11 is 1.32. The first-order valence-electron chi connectivity index (χ1n) is 5.61. The zero-order valence-corrected chi connectivity index (χ0v) is 10.8. The first-order valence-corrected chi connectivity index (χ1v) is 6.49. The van der Waals surface area contributed by atoms with Gasteiger partial charge in [0.15, 0.2) is 0 Å². The van der Waals surface area contributed by atoms with Gasteiger partial charge >= 0.3 is 0 Å². The SMILES string of the molecule is O=C(NCCc1ncn[nH]1)c1sccc1C#CCO. The summed E-state index contributed by atoms with van der Waals surface area (Å²) < 4.78 is 0. The fraction of sp³-hybridized carbons (Fsp3) is 0.250. The molecule has 0 aliphatic rings. The highest BCUT2D eigenvalue weighted by Gasteiger charge is 2.11. The third-order valence-corrected chi connectivity index (χ3v) is 3.20. The third-order valence-electron chi connectivity index (χ3n) is 2.29. The second-order valence-corrected chi connectivity index (χ2v) is 4.48. The van der Waals surface area contributed by atoms with Gasteiger partial charge in [0, 0.05) is 18.5 Å². The topological polar surface area (TPSA) is 90.9 Å². The lowest BCUT2D eigenvalue weighted by Gasteiger charge is -2.02. The molecule has 0 aliphatic heterocycles. The molecule has 0 unspecified atom stereocenters. The Kier molecular flexibility index (Phi) is 4.66. The Labute approximate surface area is 113 Å². The number of hydrogen-bond acceptors (Lipinski definition) is 5. The number of amides is 1. The van der Waals surface area contributed by atoms with Crippen LogP contribution in [-0.2, 0) is 6.42 Å². The van der Waals surface area contributed by atoms with Gasteiger partial charge in [0.25, 0.3) is 5.91 Å². The molecule has 0 bridgehead atoms. The normalized spacial score (nSPS) is 9.74. The van der Waals surface area contributed by atoms with E-state index >= 15 is 0 Å². The molecule has 0 atom stereocenters. The molecule has 0 aliphatic carbocycles. The van der Waals surface area contributed by atoms with Crippen molar-refractivity contribution in [3.63, 3.8) is 0 Å². The first-order chi connectivity index (χ1) is 9.31. The molecular formula is C12H12N4O2S. The van der Waals surface area contributed by atoms with Crippen molar-refractivity contribution in [1.82, 2.24) is 20.5 Å². The zero-order valence-electron chi connectivity index (χ0n) is 10.0. The number of nitrogens with zero attached hydrogens (tertiary/aromatic N) is 2. The number of aromatic amines is 1. The van der Waals surface area contributed by atoms with Crippen LogP contribution in [0.3, 0.4) is 0 Å². The molecule has 0 saturated heterocycles. The average molecular weight is 276 g/mol. The molecule has 3 N–H and O–H groups in total. The van der Waals surface area contributed by atoms with Crippen molar-refractivity contribution >= 4 is 17.2 Å². The molecule has 1 amide bonds. The van der Waals surface area contributed by atoms with Gasteiger partial charge in [-0.2, -0.15) is 5.10 Å². The van der Waals surface area contributed by atoms with Crippen molar-refractivity contribution < 1.29 is 9.90 Å². The average Bonchev–Trinajstić information content (AvgIpc) is 3.07. The van der Waals surface area contributed by atoms with Crippen LogP contribution in [0.5, 0.6) is 0 Å². The summed E-state index contributed by atoms with van der Waals surface area (Å²) in [6.45, 7) is 0.251. The smallest absolute Gasteiger partial charge is 0.262 e. The van der Waals surface area contributed by atoms with Crippen molar-refractivity contribution in [2.24, 2.45) is 0 Å². The van der Waals surface area contributed by atoms with Crippen LogP contribution in [0, 0.1) is 11.8 Å². The van der Waals surface area contributed by atoms with E-state index < -0.39 is 0 Å². The highest BCUT2D eigenvalue weighted by atomic mass is 32.1. The Bertz CT molecular complexity index is 595. The summed E-state index contributed by atoms with van der Waals surface area (Å²) in [5.41, 5.74) is 0.635. The van der Waals surface area contributed by atoms with Gasteiger partial charge in [0.1, 0.15) is 23.6 Å². The number of H-pyrrole nitrogens is 1. The number of aliphatic hydroxyl groups excluding tert-OH is 1. The Morgan fingerprint density at radius 2 is 2.47 bits per heavy atom. The minimum Gasteiger partial charge on any atom is -0.384 e. The van der Waals surface area contributed by atoms with Crippen molar-refractivity contribution in [3.8, 4) is 11.8 Å². The lowest BCUT2D eigenvalue weighted by Crippen LogP contribution is -2.25. The molecule has 0 fully saturated rings. The highest BCUT2D eigenvalue weighted by Crippen LogP contribution is 2.15. The molecule has 0 radical (unpaired) electrons. The van der Waals surface area contributed by atoms with Crippen molar-refractivity contribution in [1.29, 1.82) is 0 Å². The van der Waals surface area contributed by atoms with E-state index in [9.17, 15) is 4.79 Å². The van der Waals surface area contributed by atoms with Crippen LogP contribution < -0.4 is 5.32 Å². The molecule has 0 saturated carbocycles. The predicted octanol–water partition coefficient (Wildman–Crippen LogP) is 0.182. The van der Waals surface area contributed by atoms with E-state index in [1.54, 1.807) is 11.4 Å². The molecule has 7 heteroatoms. The van der Waals surface area contributed by atoms with Crippen LogP contribution >= 0.6 is 11.3 Å². The minimum atomic E-state index is -0.220. The number of carbonyl (C=O) groups excluding carboxylic acids is 1. The minimum absolute atomic E-state index is 0.170. The van der Waals surface area contributed by atoms with Crippen LogP contribution in [-0.4, -0.2) is 39.3 Å².